The molecule has 0 atom stereocenters. The van der Waals surface area contributed by atoms with Crippen LogP contribution in [0.15, 0.2) is 89.3 Å². The molecule has 0 saturated carbocycles. The van der Waals surface area contributed by atoms with Gasteiger partial charge < -0.3 is 18.7 Å². The van der Waals surface area contributed by atoms with Crippen LogP contribution >= 0.6 is 0 Å². The monoisotopic (exact) mass is 376 g/mol. The Bertz CT molecular complexity index is 1520. The van der Waals surface area contributed by atoms with E-state index in [2.05, 4.69) is 34.9 Å². The summed E-state index contributed by atoms with van der Waals surface area (Å²) >= 11 is 0. The van der Waals surface area contributed by atoms with Gasteiger partial charge in [0.1, 0.15) is 16.9 Å². The predicted octanol–water partition coefficient (Wildman–Crippen LogP) is 5.59. The molecular weight excluding hydrogens is 361 g/mol. The lowest BCUT2D eigenvalue weighted by molar-refractivity contribution is 0.454. The van der Waals surface area contributed by atoms with Crippen LogP contribution in [0.5, 0.6) is 5.75 Å². The molecule has 4 aromatic carbocycles. The van der Waals surface area contributed by atoms with Gasteiger partial charge in [0.05, 0.1) is 16.4 Å². The van der Waals surface area contributed by atoms with Gasteiger partial charge in [0.25, 0.3) is 0 Å². The zero-order valence-electron chi connectivity index (χ0n) is 15.4. The molecule has 0 aliphatic carbocycles. The van der Waals surface area contributed by atoms with Crippen molar-refractivity contribution < 1.29 is 14.1 Å². The fourth-order valence-corrected chi connectivity index (χ4v) is 4.25. The molecule has 5 heteroatoms. The van der Waals surface area contributed by atoms with Gasteiger partial charge in [-0.3, -0.25) is 0 Å². The molecule has 0 aliphatic rings. The van der Waals surface area contributed by atoms with Crippen LogP contribution < -0.4 is 4.65 Å². The Morgan fingerprint density at radius 3 is 2.41 bits per heavy atom. The Hall–Kier alpha value is -3.70. The normalized spacial score (nSPS) is 11.6. The molecular formula is C24H15BNO3. The standard InChI is InChI=1S/C24H15BNO3/c27-25-29-16-10-12-20-19(14-16)23-21(26(20)15-6-2-1-3-7-15)13-11-18-17-8-4-5-9-22(17)28-24(18)23/h1-14,27H. The summed E-state index contributed by atoms with van der Waals surface area (Å²) in [5, 5.41) is 13.3. The molecule has 137 valence electrons. The van der Waals surface area contributed by atoms with Crippen molar-refractivity contribution in [3.63, 3.8) is 0 Å². The molecule has 2 heterocycles. The Labute approximate surface area is 166 Å². The molecule has 29 heavy (non-hydrogen) atoms. The van der Waals surface area contributed by atoms with Crippen molar-refractivity contribution in [2.75, 3.05) is 0 Å². The summed E-state index contributed by atoms with van der Waals surface area (Å²) in [6, 6.07) is 28.4. The molecule has 0 saturated heterocycles. The van der Waals surface area contributed by atoms with Crippen LogP contribution in [-0.4, -0.2) is 17.3 Å². The number of furan rings is 1. The third kappa shape index (κ3) is 2.31. The Morgan fingerprint density at radius 2 is 1.55 bits per heavy atom. The topological polar surface area (TPSA) is 47.5 Å². The molecule has 0 fully saturated rings. The molecule has 0 unspecified atom stereocenters. The van der Waals surface area contributed by atoms with Crippen molar-refractivity contribution in [3.8, 4) is 11.4 Å². The van der Waals surface area contributed by atoms with E-state index in [4.69, 9.17) is 14.1 Å². The number of benzene rings is 4. The zero-order valence-corrected chi connectivity index (χ0v) is 15.4. The largest absolute Gasteiger partial charge is 0.569 e. The van der Waals surface area contributed by atoms with E-state index >= 15 is 0 Å². The summed E-state index contributed by atoms with van der Waals surface area (Å²) in [7, 11) is 0.703. The molecule has 2 aromatic heterocycles. The summed E-state index contributed by atoms with van der Waals surface area (Å²) in [6.45, 7) is 0. The zero-order chi connectivity index (χ0) is 19.4. The minimum Gasteiger partial charge on any atom is -0.537 e. The lowest BCUT2D eigenvalue weighted by atomic mass is 10.1. The summed E-state index contributed by atoms with van der Waals surface area (Å²) in [5.41, 5.74) is 4.90. The third-order valence-corrected chi connectivity index (χ3v) is 5.45. The number of para-hydroxylation sites is 2. The Kier molecular flexibility index (Phi) is 3.46. The fourth-order valence-electron chi connectivity index (χ4n) is 4.25. The molecule has 0 amide bonds. The molecule has 0 aliphatic heterocycles. The van der Waals surface area contributed by atoms with E-state index in [9.17, 15) is 0 Å². The number of rotatable bonds is 3. The Morgan fingerprint density at radius 1 is 0.759 bits per heavy atom. The van der Waals surface area contributed by atoms with Crippen molar-refractivity contribution >= 4 is 51.4 Å². The van der Waals surface area contributed by atoms with Crippen LogP contribution in [0.3, 0.4) is 0 Å². The van der Waals surface area contributed by atoms with Gasteiger partial charge in [0.15, 0.2) is 0 Å². The number of nitrogens with zero attached hydrogens (tertiary/aromatic N) is 1. The number of hydrogen-bond acceptors (Lipinski definition) is 3. The van der Waals surface area contributed by atoms with Gasteiger partial charge in [-0.05, 0) is 48.5 Å². The van der Waals surface area contributed by atoms with E-state index < -0.39 is 0 Å². The third-order valence-electron chi connectivity index (χ3n) is 5.45. The highest BCUT2D eigenvalue weighted by Crippen LogP contribution is 2.41. The summed E-state index contributed by atoms with van der Waals surface area (Å²) in [6.07, 6.45) is 0. The summed E-state index contributed by atoms with van der Waals surface area (Å²) < 4.78 is 13.8. The predicted molar refractivity (Wildman–Crippen MR) is 117 cm³/mol. The molecule has 1 radical (unpaired) electrons. The van der Waals surface area contributed by atoms with Crippen molar-refractivity contribution in [2.45, 2.75) is 0 Å². The smallest absolute Gasteiger partial charge is 0.537 e. The first-order valence-corrected chi connectivity index (χ1v) is 9.41. The molecule has 4 nitrogen and oxygen atoms in total. The van der Waals surface area contributed by atoms with Crippen LogP contribution in [0.25, 0.3) is 49.4 Å². The highest BCUT2D eigenvalue weighted by molar-refractivity contribution is 6.24. The maximum atomic E-state index is 9.08. The lowest BCUT2D eigenvalue weighted by Crippen LogP contribution is -1.99. The van der Waals surface area contributed by atoms with Crippen LogP contribution in [0.1, 0.15) is 0 Å². The van der Waals surface area contributed by atoms with Crippen molar-refractivity contribution in [3.05, 3.63) is 84.9 Å². The molecule has 6 rings (SSSR count). The van der Waals surface area contributed by atoms with E-state index in [-0.39, 0.29) is 0 Å². The van der Waals surface area contributed by atoms with Gasteiger partial charge in [-0.15, -0.1) is 0 Å². The van der Waals surface area contributed by atoms with Gasteiger partial charge in [-0.25, -0.2) is 0 Å². The van der Waals surface area contributed by atoms with Gasteiger partial charge in [-0.1, -0.05) is 36.4 Å². The van der Waals surface area contributed by atoms with Crippen molar-refractivity contribution in [1.82, 2.24) is 4.57 Å². The van der Waals surface area contributed by atoms with Crippen LogP contribution in [0, 0.1) is 0 Å². The van der Waals surface area contributed by atoms with E-state index in [1.165, 1.54) is 0 Å². The molecule has 6 aromatic rings. The highest BCUT2D eigenvalue weighted by atomic mass is 16.5. The maximum Gasteiger partial charge on any atom is 0.569 e. The first-order valence-electron chi connectivity index (χ1n) is 9.41. The van der Waals surface area contributed by atoms with E-state index in [0.29, 0.717) is 13.4 Å². The van der Waals surface area contributed by atoms with Gasteiger partial charge >= 0.3 is 7.69 Å². The average molecular weight is 376 g/mol. The summed E-state index contributed by atoms with van der Waals surface area (Å²) in [5.74, 6) is 0.570. The van der Waals surface area contributed by atoms with E-state index in [1.54, 1.807) is 0 Å². The number of hydrogen-bond donors (Lipinski definition) is 1. The first kappa shape index (κ1) is 16.3. The second-order valence-electron chi connectivity index (χ2n) is 7.01. The van der Waals surface area contributed by atoms with Crippen molar-refractivity contribution in [2.24, 2.45) is 0 Å². The molecule has 0 bridgehead atoms. The minimum atomic E-state index is 0.570. The second-order valence-corrected chi connectivity index (χ2v) is 7.01. The Balaban J connectivity index is 1.83. The van der Waals surface area contributed by atoms with Gasteiger partial charge in [-0.2, -0.15) is 0 Å². The SMILES string of the molecule is O[B]Oc1ccc2c(c1)c1c3oc4ccccc4c3ccc1n2-c1ccccc1. The van der Waals surface area contributed by atoms with Crippen LogP contribution in [-0.2, 0) is 0 Å². The first-order chi connectivity index (χ1) is 14.3. The number of aromatic nitrogens is 1. The lowest BCUT2D eigenvalue weighted by Gasteiger charge is -2.07. The highest BCUT2D eigenvalue weighted by Gasteiger charge is 2.19. The maximum absolute atomic E-state index is 9.08. The quantitative estimate of drug-likeness (QED) is 0.410. The van der Waals surface area contributed by atoms with E-state index in [0.717, 1.165) is 49.4 Å². The summed E-state index contributed by atoms with van der Waals surface area (Å²) in [4.78, 5) is 0. The average Bonchev–Trinajstić information content (AvgIpc) is 3.30. The minimum absolute atomic E-state index is 0.570. The number of fused-ring (bicyclic) bond motifs is 7. The molecule has 1 N–H and O–H groups in total. The van der Waals surface area contributed by atoms with Crippen molar-refractivity contribution in [1.29, 1.82) is 0 Å². The van der Waals surface area contributed by atoms with Gasteiger partial charge in [0, 0.05) is 21.8 Å². The van der Waals surface area contributed by atoms with Gasteiger partial charge in [0.2, 0.25) is 0 Å². The van der Waals surface area contributed by atoms with Crippen LogP contribution in [0.2, 0.25) is 0 Å². The van der Waals surface area contributed by atoms with Crippen LogP contribution in [0.4, 0.5) is 0 Å². The van der Waals surface area contributed by atoms with E-state index in [1.807, 2.05) is 54.6 Å². The molecule has 0 spiro atoms. The second kappa shape index (κ2) is 6.16. The fraction of sp³-hybridized carbons (Fsp3) is 0.